The van der Waals surface area contributed by atoms with Crippen LogP contribution < -0.4 is 10.6 Å². The minimum Gasteiger partial charge on any atom is -0.393 e. The SMILES string of the molecule is CN(Cc1cccc(C#N)c1)c1cccc(N)c1[N+](=O)[O-]. The van der Waals surface area contributed by atoms with E-state index >= 15 is 0 Å². The standard InChI is InChI=1S/C15H14N4O2/c1-18(10-12-5-2-4-11(8-12)9-16)14-7-3-6-13(17)15(14)19(20)21/h2-8H,10,17H2,1H3. The van der Waals surface area contributed by atoms with Crippen molar-refractivity contribution in [1.82, 2.24) is 0 Å². The van der Waals surface area contributed by atoms with Crippen LogP contribution in [0.1, 0.15) is 11.1 Å². The molecule has 2 rings (SSSR count). The summed E-state index contributed by atoms with van der Waals surface area (Å²) in [5.74, 6) is 0. The van der Waals surface area contributed by atoms with E-state index in [0.717, 1.165) is 5.56 Å². The molecule has 0 spiro atoms. The van der Waals surface area contributed by atoms with Crippen molar-refractivity contribution in [1.29, 1.82) is 5.26 Å². The summed E-state index contributed by atoms with van der Waals surface area (Å²) < 4.78 is 0. The molecular weight excluding hydrogens is 268 g/mol. The molecule has 2 N–H and O–H groups in total. The predicted molar refractivity (Wildman–Crippen MR) is 80.8 cm³/mol. The van der Waals surface area contributed by atoms with Gasteiger partial charge in [0.05, 0.1) is 16.6 Å². The fraction of sp³-hybridized carbons (Fsp3) is 0.133. The molecule has 21 heavy (non-hydrogen) atoms. The second-order valence-corrected chi connectivity index (χ2v) is 4.64. The molecule has 0 aliphatic carbocycles. The minimum atomic E-state index is -0.479. The van der Waals surface area contributed by atoms with Crippen molar-refractivity contribution in [3.63, 3.8) is 0 Å². The fourth-order valence-corrected chi connectivity index (χ4v) is 2.15. The molecule has 0 bridgehead atoms. The highest BCUT2D eigenvalue weighted by molar-refractivity contribution is 5.75. The molecule has 0 aliphatic rings. The summed E-state index contributed by atoms with van der Waals surface area (Å²) in [5, 5.41) is 20.1. The van der Waals surface area contributed by atoms with Crippen molar-refractivity contribution in [2.24, 2.45) is 0 Å². The van der Waals surface area contributed by atoms with Gasteiger partial charge in [0.25, 0.3) is 0 Å². The maximum Gasteiger partial charge on any atom is 0.315 e. The summed E-state index contributed by atoms with van der Waals surface area (Å²) in [6.07, 6.45) is 0. The number of nitro benzene ring substituents is 1. The van der Waals surface area contributed by atoms with Gasteiger partial charge in [0, 0.05) is 13.6 Å². The van der Waals surface area contributed by atoms with E-state index in [2.05, 4.69) is 6.07 Å². The molecule has 0 radical (unpaired) electrons. The van der Waals surface area contributed by atoms with E-state index < -0.39 is 4.92 Å². The second kappa shape index (κ2) is 5.92. The monoisotopic (exact) mass is 282 g/mol. The van der Waals surface area contributed by atoms with E-state index in [-0.39, 0.29) is 11.4 Å². The number of hydrogen-bond acceptors (Lipinski definition) is 5. The van der Waals surface area contributed by atoms with Gasteiger partial charge in [-0.2, -0.15) is 5.26 Å². The van der Waals surface area contributed by atoms with E-state index in [9.17, 15) is 10.1 Å². The van der Waals surface area contributed by atoms with Crippen LogP contribution in [0.15, 0.2) is 42.5 Å². The number of nitrogens with two attached hydrogens (primary N) is 1. The van der Waals surface area contributed by atoms with E-state index in [1.165, 1.54) is 6.07 Å². The van der Waals surface area contributed by atoms with Crippen LogP contribution in [0.5, 0.6) is 0 Å². The number of rotatable bonds is 4. The van der Waals surface area contributed by atoms with Crippen molar-refractivity contribution in [3.05, 3.63) is 63.7 Å². The quantitative estimate of drug-likeness (QED) is 0.528. The van der Waals surface area contributed by atoms with E-state index in [1.54, 1.807) is 42.3 Å². The third kappa shape index (κ3) is 3.09. The fourth-order valence-electron chi connectivity index (χ4n) is 2.15. The van der Waals surface area contributed by atoms with Gasteiger partial charge in [-0.15, -0.1) is 0 Å². The number of para-hydroxylation sites is 1. The van der Waals surface area contributed by atoms with Gasteiger partial charge in [0.2, 0.25) is 0 Å². The van der Waals surface area contributed by atoms with Gasteiger partial charge in [-0.1, -0.05) is 18.2 Å². The highest BCUT2D eigenvalue weighted by atomic mass is 16.6. The third-order valence-electron chi connectivity index (χ3n) is 3.12. The van der Waals surface area contributed by atoms with Crippen molar-refractivity contribution in [3.8, 4) is 6.07 Å². The molecular formula is C15H14N4O2. The Hall–Kier alpha value is -3.07. The first kappa shape index (κ1) is 14.3. The number of anilines is 2. The van der Waals surface area contributed by atoms with Crippen LogP contribution in [-0.2, 0) is 6.54 Å². The zero-order valence-corrected chi connectivity index (χ0v) is 11.5. The number of hydrogen-bond donors (Lipinski definition) is 1. The smallest absolute Gasteiger partial charge is 0.315 e. The van der Waals surface area contributed by atoms with Crippen LogP contribution in [0, 0.1) is 21.4 Å². The molecule has 0 fully saturated rings. The molecule has 6 heteroatoms. The van der Waals surface area contributed by atoms with Gasteiger partial charge < -0.3 is 10.6 Å². The molecule has 0 atom stereocenters. The molecule has 0 saturated carbocycles. The van der Waals surface area contributed by atoms with E-state index in [0.29, 0.717) is 17.8 Å². The molecule has 0 unspecified atom stereocenters. The molecule has 0 aromatic heterocycles. The number of nitrogen functional groups attached to an aromatic ring is 1. The molecule has 2 aromatic rings. The highest BCUT2D eigenvalue weighted by Crippen LogP contribution is 2.33. The largest absolute Gasteiger partial charge is 0.393 e. The molecule has 6 nitrogen and oxygen atoms in total. The Kier molecular flexibility index (Phi) is 4.05. The summed E-state index contributed by atoms with van der Waals surface area (Å²) in [6.45, 7) is 0.444. The van der Waals surface area contributed by atoms with Crippen molar-refractivity contribution in [2.45, 2.75) is 6.54 Å². The Morgan fingerprint density at radius 2 is 2.05 bits per heavy atom. The molecule has 106 valence electrons. The van der Waals surface area contributed by atoms with Gasteiger partial charge in [0.1, 0.15) is 11.4 Å². The van der Waals surface area contributed by atoms with E-state index in [4.69, 9.17) is 11.0 Å². The maximum absolute atomic E-state index is 11.2. The number of nitrogens with zero attached hydrogens (tertiary/aromatic N) is 3. The first-order valence-corrected chi connectivity index (χ1v) is 6.26. The van der Waals surface area contributed by atoms with Crippen molar-refractivity contribution < 1.29 is 4.92 Å². The van der Waals surface area contributed by atoms with Crippen LogP contribution in [0.25, 0.3) is 0 Å². The second-order valence-electron chi connectivity index (χ2n) is 4.64. The summed E-state index contributed by atoms with van der Waals surface area (Å²) in [5.41, 5.74) is 7.62. The Morgan fingerprint density at radius 1 is 1.33 bits per heavy atom. The van der Waals surface area contributed by atoms with Crippen molar-refractivity contribution in [2.75, 3.05) is 17.7 Å². The summed E-state index contributed by atoms with van der Waals surface area (Å²) in [6, 6.07) is 14.0. The lowest BCUT2D eigenvalue weighted by atomic mass is 10.1. The topological polar surface area (TPSA) is 96.2 Å². The average Bonchev–Trinajstić information content (AvgIpc) is 2.46. The first-order valence-electron chi connectivity index (χ1n) is 6.26. The van der Waals surface area contributed by atoms with Crippen LogP contribution in [-0.4, -0.2) is 12.0 Å². The lowest BCUT2D eigenvalue weighted by molar-refractivity contribution is -0.383. The highest BCUT2D eigenvalue weighted by Gasteiger charge is 2.20. The lowest BCUT2D eigenvalue weighted by Gasteiger charge is -2.19. The molecule has 0 saturated heterocycles. The van der Waals surface area contributed by atoms with Crippen LogP contribution in [0.3, 0.4) is 0 Å². The molecule has 0 aliphatic heterocycles. The van der Waals surface area contributed by atoms with Gasteiger partial charge in [-0.25, -0.2) is 0 Å². The van der Waals surface area contributed by atoms with Gasteiger partial charge >= 0.3 is 5.69 Å². The van der Waals surface area contributed by atoms with Crippen LogP contribution >= 0.6 is 0 Å². The average molecular weight is 282 g/mol. The first-order chi connectivity index (χ1) is 10.0. The number of benzene rings is 2. The van der Waals surface area contributed by atoms with Gasteiger partial charge in [-0.05, 0) is 29.8 Å². The Morgan fingerprint density at radius 3 is 2.71 bits per heavy atom. The number of nitriles is 1. The number of nitro groups is 1. The summed E-state index contributed by atoms with van der Waals surface area (Å²) >= 11 is 0. The molecule has 0 heterocycles. The lowest BCUT2D eigenvalue weighted by Crippen LogP contribution is -2.18. The Bertz CT molecular complexity index is 722. The van der Waals surface area contributed by atoms with Crippen molar-refractivity contribution >= 4 is 17.1 Å². The minimum absolute atomic E-state index is 0.101. The van der Waals surface area contributed by atoms with Crippen LogP contribution in [0.2, 0.25) is 0 Å². The van der Waals surface area contributed by atoms with Crippen LogP contribution in [0.4, 0.5) is 17.1 Å². The normalized spacial score (nSPS) is 9.90. The Labute approximate surface area is 122 Å². The van der Waals surface area contributed by atoms with Gasteiger partial charge in [-0.3, -0.25) is 10.1 Å². The zero-order chi connectivity index (χ0) is 15.4. The maximum atomic E-state index is 11.2. The predicted octanol–water partition coefficient (Wildman–Crippen LogP) is 2.69. The third-order valence-corrected chi connectivity index (χ3v) is 3.12. The zero-order valence-electron chi connectivity index (χ0n) is 11.5. The van der Waals surface area contributed by atoms with E-state index in [1.807, 2.05) is 6.07 Å². The Balaban J connectivity index is 2.33. The molecule has 2 aromatic carbocycles. The van der Waals surface area contributed by atoms with Gasteiger partial charge in [0.15, 0.2) is 0 Å². The summed E-state index contributed by atoms with van der Waals surface area (Å²) in [4.78, 5) is 12.4. The summed E-state index contributed by atoms with van der Waals surface area (Å²) in [7, 11) is 1.75. The molecule has 0 amide bonds.